The van der Waals surface area contributed by atoms with Gasteiger partial charge in [-0.3, -0.25) is 29.0 Å². The Morgan fingerprint density at radius 3 is 1.12 bits per heavy atom. The molecule has 4 amide bonds. The van der Waals surface area contributed by atoms with Crippen molar-refractivity contribution in [3.63, 3.8) is 0 Å². The minimum atomic E-state index is -0.852. The molecular formula is C34H28N2O4. The highest BCUT2D eigenvalue weighted by Crippen LogP contribution is 2.38. The SMILES string of the molecule is O=C1CC(C2CC(=O)N(c3ccc(Cc4ccccc4)cc3)C2=O)C(=O)N1c1ccc(Cc2ccccc2)cc1. The molecule has 2 aliphatic rings. The lowest BCUT2D eigenvalue weighted by atomic mass is 9.89. The Labute approximate surface area is 232 Å². The first kappa shape index (κ1) is 25.4. The molecule has 0 aliphatic carbocycles. The molecule has 2 fully saturated rings. The average Bonchev–Trinajstić information content (AvgIpc) is 3.44. The van der Waals surface area contributed by atoms with Crippen molar-refractivity contribution in [1.29, 1.82) is 0 Å². The molecule has 0 spiro atoms. The number of rotatable bonds is 7. The van der Waals surface area contributed by atoms with Crippen molar-refractivity contribution in [1.82, 2.24) is 0 Å². The van der Waals surface area contributed by atoms with Gasteiger partial charge in [-0.15, -0.1) is 0 Å². The zero-order valence-electron chi connectivity index (χ0n) is 21.9. The number of hydrogen-bond acceptors (Lipinski definition) is 4. The first-order chi connectivity index (χ1) is 19.5. The second kappa shape index (κ2) is 10.7. The Morgan fingerprint density at radius 1 is 0.450 bits per heavy atom. The predicted molar refractivity (Wildman–Crippen MR) is 153 cm³/mol. The van der Waals surface area contributed by atoms with Gasteiger partial charge >= 0.3 is 0 Å². The van der Waals surface area contributed by atoms with Gasteiger partial charge in [0.1, 0.15) is 0 Å². The molecule has 6 rings (SSSR count). The third-order valence-corrected chi connectivity index (χ3v) is 7.74. The highest BCUT2D eigenvalue weighted by Gasteiger charge is 2.51. The maximum atomic E-state index is 13.4. The van der Waals surface area contributed by atoms with Crippen molar-refractivity contribution in [2.45, 2.75) is 25.7 Å². The minimum Gasteiger partial charge on any atom is -0.274 e. The summed E-state index contributed by atoms with van der Waals surface area (Å²) in [5.41, 5.74) is 5.43. The minimum absolute atomic E-state index is 0.0852. The van der Waals surface area contributed by atoms with Crippen LogP contribution in [0.2, 0.25) is 0 Å². The monoisotopic (exact) mass is 528 g/mol. The molecule has 0 saturated carbocycles. The molecule has 0 N–H and O–H groups in total. The van der Waals surface area contributed by atoms with Gasteiger partial charge in [-0.05, 0) is 59.4 Å². The second-order valence-corrected chi connectivity index (χ2v) is 10.4. The number of carbonyl (C=O) groups is 4. The summed E-state index contributed by atoms with van der Waals surface area (Å²) >= 11 is 0. The van der Waals surface area contributed by atoms with E-state index in [0.29, 0.717) is 11.4 Å². The fourth-order valence-electron chi connectivity index (χ4n) is 5.67. The van der Waals surface area contributed by atoms with Gasteiger partial charge in [0, 0.05) is 12.8 Å². The highest BCUT2D eigenvalue weighted by atomic mass is 16.2. The van der Waals surface area contributed by atoms with Crippen LogP contribution < -0.4 is 9.80 Å². The van der Waals surface area contributed by atoms with Crippen LogP contribution in [0.15, 0.2) is 109 Å². The maximum Gasteiger partial charge on any atom is 0.238 e. The van der Waals surface area contributed by atoms with Crippen molar-refractivity contribution in [3.05, 3.63) is 131 Å². The van der Waals surface area contributed by atoms with E-state index in [1.807, 2.05) is 84.9 Å². The Kier molecular flexibility index (Phi) is 6.83. The highest BCUT2D eigenvalue weighted by molar-refractivity contribution is 6.26. The molecule has 2 heterocycles. The summed E-state index contributed by atoms with van der Waals surface area (Å²) in [4.78, 5) is 55.1. The van der Waals surface area contributed by atoms with Gasteiger partial charge in [0.15, 0.2) is 0 Å². The van der Waals surface area contributed by atoms with E-state index in [1.165, 1.54) is 11.1 Å². The molecule has 40 heavy (non-hydrogen) atoms. The largest absolute Gasteiger partial charge is 0.274 e. The van der Waals surface area contributed by atoms with Crippen LogP contribution in [0.4, 0.5) is 11.4 Å². The normalized spacial score (nSPS) is 19.1. The van der Waals surface area contributed by atoms with Crippen LogP contribution in [-0.4, -0.2) is 23.6 Å². The van der Waals surface area contributed by atoms with Crippen molar-refractivity contribution >= 4 is 35.0 Å². The number of benzene rings is 4. The number of imide groups is 2. The molecule has 0 bridgehead atoms. The third-order valence-electron chi connectivity index (χ3n) is 7.74. The van der Waals surface area contributed by atoms with Gasteiger partial charge in [0.25, 0.3) is 0 Å². The molecule has 0 aromatic heterocycles. The summed E-state index contributed by atoms with van der Waals surface area (Å²) < 4.78 is 0. The zero-order valence-corrected chi connectivity index (χ0v) is 21.9. The Hall–Kier alpha value is -4.84. The Balaban J connectivity index is 1.14. The lowest BCUT2D eigenvalue weighted by Crippen LogP contribution is -2.36. The van der Waals surface area contributed by atoms with Crippen LogP contribution in [0.1, 0.15) is 35.1 Å². The molecule has 2 aliphatic heterocycles. The molecule has 6 heteroatoms. The quantitative estimate of drug-likeness (QED) is 0.304. The topological polar surface area (TPSA) is 74.8 Å². The van der Waals surface area contributed by atoms with Gasteiger partial charge in [0.05, 0.1) is 23.2 Å². The molecule has 0 radical (unpaired) electrons. The molecule has 6 nitrogen and oxygen atoms in total. The number of anilines is 2. The average molecular weight is 529 g/mol. The van der Waals surface area contributed by atoms with Crippen LogP contribution in [0.3, 0.4) is 0 Å². The van der Waals surface area contributed by atoms with Crippen molar-refractivity contribution < 1.29 is 19.2 Å². The number of nitrogens with zero attached hydrogens (tertiary/aromatic N) is 2. The smallest absolute Gasteiger partial charge is 0.238 e. The fourth-order valence-corrected chi connectivity index (χ4v) is 5.67. The Morgan fingerprint density at radius 2 is 0.775 bits per heavy atom. The third kappa shape index (κ3) is 4.96. The van der Waals surface area contributed by atoms with E-state index in [9.17, 15) is 19.2 Å². The van der Waals surface area contributed by atoms with E-state index in [4.69, 9.17) is 0 Å². The molecule has 4 aromatic rings. The van der Waals surface area contributed by atoms with Gasteiger partial charge in [-0.1, -0.05) is 84.9 Å². The van der Waals surface area contributed by atoms with E-state index in [0.717, 1.165) is 33.8 Å². The van der Waals surface area contributed by atoms with E-state index in [-0.39, 0.29) is 24.7 Å². The first-order valence-electron chi connectivity index (χ1n) is 13.5. The number of amides is 4. The van der Waals surface area contributed by atoms with Crippen molar-refractivity contribution in [2.24, 2.45) is 11.8 Å². The zero-order chi connectivity index (χ0) is 27.6. The number of hydrogen-bond donors (Lipinski definition) is 0. The summed E-state index contributed by atoms with van der Waals surface area (Å²) in [6.45, 7) is 0. The summed E-state index contributed by atoms with van der Waals surface area (Å²) in [6, 6.07) is 34.8. The summed E-state index contributed by atoms with van der Waals surface area (Å²) in [5.74, 6) is -3.26. The van der Waals surface area contributed by atoms with Crippen molar-refractivity contribution in [2.75, 3.05) is 9.80 Å². The standard InChI is InChI=1S/C34H28N2O4/c37-31-21-29(33(39)35(31)27-15-11-25(12-16-27)19-23-7-3-1-4-8-23)30-22-32(38)36(34(30)40)28-17-13-26(14-18-28)20-24-9-5-2-6-10-24/h1-18,29-30H,19-22H2. The van der Waals surface area contributed by atoms with Crippen LogP contribution in [-0.2, 0) is 32.0 Å². The van der Waals surface area contributed by atoms with E-state index in [2.05, 4.69) is 0 Å². The lowest BCUT2D eigenvalue weighted by molar-refractivity contribution is -0.128. The van der Waals surface area contributed by atoms with Crippen LogP contribution in [0.25, 0.3) is 0 Å². The molecule has 2 saturated heterocycles. The number of carbonyl (C=O) groups excluding carboxylic acids is 4. The molecule has 4 aromatic carbocycles. The van der Waals surface area contributed by atoms with Crippen LogP contribution in [0.5, 0.6) is 0 Å². The molecule has 2 unspecified atom stereocenters. The molecular weight excluding hydrogens is 500 g/mol. The second-order valence-electron chi connectivity index (χ2n) is 10.4. The summed E-state index contributed by atoms with van der Waals surface area (Å²) in [6.07, 6.45) is 1.32. The molecule has 198 valence electrons. The van der Waals surface area contributed by atoms with E-state index >= 15 is 0 Å². The van der Waals surface area contributed by atoms with E-state index < -0.39 is 23.7 Å². The predicted octanol–water partition coefficient (Wildman–Crippen LogP) is 5.33. The summed E-state index contributed by atoms with van der Waals surface area (Å²) in [5, 5.41) is 0. The molecule has 2 atom stereocenters. The Bertz CT molecular complexity index is 1440. The van der Waals surface area contributed by atoms with E-state index in [1.54, 1.807) is 24.3 Å². The maximum absolute atomic E-state index is 13.4. The van der Waals surface area contributed by atoms with Gasteiger partial charge in [-0.25, -0.2) is 0 Å². The van der Waals surface area contributed by atoms with Gasteiger partial charge in [-0.2, -0.15) is 0 Å². The first-order valence-corrected chi connectivity index (χ1v) is 13.5. The van der Waals surface area contributed by atoms with Crippen molar-refractivity contribution in [3.8, 4) is 0 Å². The lowest BCUT2D eigenvalue weighted by Gasteiger charge is -2.19. The van der Waals surface area contributed by atoms with Crippen LogP contribution >= 0.6 is 0 Å². The van der Waals surface area contributed by atoms with Crippen LogP contribution in [0, 0.1) is 11.8 Å². The summed E-state index contributed by atoms with van der Waals surface area (Å²) in [7, 11) is 0. The van der Waals surface area contributed by atoms with Gasteiger partial charge in [0.2, 0.25) is 23.6 Å². The van der Waals surface area contributed by atoms with Gasteiger partial charge < -0.3 is 0 Å². The fraction of sp³-hybridized carbons (Fsp3) is 0.176.